The predicted molar refractivity (Wildman–Crippen MR) is 74.7 cm³/mol. The molecule has 0 saturated heterocycles. The van der Waals surface area contributed by atoms with Crippen LogP contribution in [0.3, 0.4) is 0 Å². The lowest BCUT2D eigenvalue weighted by Gasteiger charge is -2.30. The molecule has 3 heteroatoms. The van der Waals surface area contributed by atoms with Crippen molar-refractivity contribution in [2.45, 2.75) is 33.4 Å². The van der Waals surface area contributed by atoms with Gasteiger partial charge in [0.1, 0.15) is 0 Å². The fourth-order valence-corrected chi connectivity index (χ4v) is 2.17. The van der Waals surface area contributed by atoms with Gasteiger partial charge in [-0.1, -0.05) is 29.8 Å². The Hall–Kier alpha value is -0.540. The van der Waals surface area contributed by atoms with Crippen molar-refractivity contribution in [1.82, 2.24) is 0 Å². The molecule has 0 saturated carbocycles. The molecule has 0 spiro atoms. The highest BCUT2D eigenvalue weighted by atomic mass is 79.9. The Morgan fingerprint density at radius 3 is 2.38 bits per heavy atom. The van der Waals surface area contributed by atoms with E-state index in [2.05, 4.69) is 66.8 Å². The van der Waals surface area contributed by atoms with E-state index in [0.717, 1.165) is 10.0 Å². The van der Waals surface area contributed by atoms with Crippen molar-refractivity contribution in [2.75, 3.05) is 11.9 Å². The normalized spacial score (nSPS) is 12.9. The third-order valence-electron chi connectivity index (χ3n) is 3.16. The smallest absolute Gasteiger partial charge is 0.0380 e. The molecule has 0 heterocycles. The molecule has 2 N–H and O–H groups in total. The average molecular weight is 285 g/mol. The molecule has 16 heavy (non-hydrogen) atoms. The van der Waals surface area contributed by atoms with E-state index >= 15 is 0 Å². The Labute approximate surface area is 107 Å². The van der Waals surface area contributed by atoms with E-state index < -0.39 is 0 Å². The van der Waals surface area contributed by atoms with Crippen LogP contribution in [-0.2, 0) is 6.54 Å². The van der Waals surface area contributed by atoms with Gasteiger partial charge in [-0.2, -0.15) is 0 Å². The first kappa shape index (κ1) is 13.5. The summed E-state index contributed by atoms with van der Waals surface area (Å²) in [6, 6.07) is 6.87. The Bertz CT molecular complexity index is 350. The van der Waals surface area contributed by atoms with Gasteiger partial charge < -0.3 is 10.6 Å². The van der Waals surface area contributed by atoms with Gasteiger partial charge in [0, 0.05) is 29.8 Å². The van der Waals surface area contributed by atoms with E-state index in [9.17, 15) is 0 Å². The third kappa shape index (κ3) is 3.22. The molecule has 0 aliphatic rings. The number of nitrogens with two attached hydrogens (primary N) is 1. The predicted octanol–water partition coefficient (Wildman–Crippen LogP) is 3.39. The molecule has 0 amide bonds. The third-order valence-corrected chi connectivity index (χ3v) is 3.62. The Balaban J connectivity index is 2.98. The van der Waals surface area contributed by atoms with Crippen molar-refractivity contribution in [1.29, 1.82) is 0 Å². The van der Waals surface area contributed by atoms with Crippen molar-refractivity contribution in [3.8, 4) is 0 Å². The minimum Gasteiger partial charge on any atom is -0.372 e. The van der Waals surface area contributed by atoms with E-state index in [1.165, 1.54) is 5.69 Å². The molecule has 1 rings (SSSR count). The maximum absolute atomic E-state index is 5.68. The molecular weight excluding hydrogens is 264 g/mol. The second-order valence-corrected chi connectivity index (χ2v) is 5.53. The van der Waals surface area contributed by atoms with Crippen LogP contribution < -0.4 is 10.6 Å². The summed E-state index contributed by atoms with van der Waals surface area (Å²) < 4.78 is 1.09. The minimum atomic E-state index is 0.514. The molecule has 1 aromatic rings. The van der Waals surface area contributed by atoms with Crippen LogP contribution in [-0.4, -0.2) is 13.1 Å². The molecule has 1 aromatic carbocycles. The zero-order chi connectivity index (χ0) is 12.3. The van der Waals surface area contributed by atoms with Gasteiger partial charge in [0.25, 0.3) is 0 Å². The summed E-state index contributed by atoms with van der Waals surface area (Å²) >= 11 is 3.53. The second-order valence-electron chi connectivity index (χ2n) is 4.62. The van der Waals surface area contributed by atoms with Crippen molar-refractivity contribution in [3.63, 3.8) is 0 Å². The molecule has 90 valence electrons. The van der Waals surface area contributed by atoms with E-state index in [1.54, 1.807) is 0 Å². The first-order chi connectivity index (χ1) is 7.45. The zero-order valence-electron chi connectivity index (χ0n) is 10.5. The Kier molecular flexibility index (Phi) is 4.81. The molecular formula is C13H21BrN2. The lowest BCUT2D eigenvalue weighted by molar-refractivity contribution is 0.505. The van der Waals surface area contributed by atoms with E-state index in [4.69, 9.17) is 5.73 Å². The van der Waals surface area contributed by atoms with Crippen molar-refractivity contribution < 1.29 is 0 Å². The molecule has 1 atom stereocenters. The topological polar surface area (TPSA) is 29.3 Å². The van der Waals surface area contributed by atoms with Crippen LogP contribution in [0.5, 0.6) is 0 Å². The zero-order valence-corrected chi connectivity index (χ0v) is 12.1. The Morgan fingerprint density at radius 1 is 1.25 bits per heavy atom. The van der Waals surface area contributed by atoms with Crippen LogP contribution >= 0.6 is 15.9 Å². The first-order valence-corrected chi connectivity index (χ1v) is 6.47. The maximum Gasteiger partial charge on any atom is 0.0380 e. The van der Waals surface area contributed by atoms with E-state index in [-0.39, 0.29) is 0 Å². The summed E-state index contributed by atoms with van der Waals surface area (Å²) in [7, 11) is 2.13. The second kappa shape index (κ2) is 5.69. The van der Waals surface area contributed by atoms with Gasteiger partial charge in [0.15, 0.2) is 0 Å². The molecule has 0 fully saturated rings. The number of nitrogens with zero attached hydrogens (tertiary/aromatic N) is 1. The molecule has 0 aromatic heterocycles. The van der Waals surface area contributed by atoms with Crippen LogP contribution in [0, 0.1) is 5.92 Å². The van der Waals surface area contributed by atoms with Gasteiger partial charge in [0.2, 0.25) is 0 Å². The van der Waals surface area contributed by atoms with Crippen LogP contribution in [0.15, 0.2) is 22.7 Å². The minimum absolute atomic E-state index is 0.514. The first-order valence-electron chi connectivity index (χ1n) is 5.68. The summed E-state index contributed by atoms with van der Waals surface area (Å²) in [6.07, 6.45) is 0. The van der Waals surface area contributed by atoms with Gasteiger partial charge in [-0.15, -0.1) is 0 Å². The van der Waals surface area contributed by atoms with Gasteiger partial charge in [-0.3, -0.25) is 0 Å². The molecule has 2 nitrogen and oxygen atoms in total. The number of anilines is 1. The van der Waals surface area contributed by atoms with Crippen LogP contribution in [0.25, 0.3) is 0 Å². The molecule has 0 radical (unpaired) electrons. The molecule has 0 aliphatic heterocycles. The maximum atomic E-state index is 5.68. The lowest BCUT2D eigenvalue weighted by atomic mass is 10.0. The summed E-state index contributed by atoms with van der Waals surface area (Å²) in [6.45, 7) is 7.30. The van der Waals surface area contributed by atoms with Gasteiger partial charge in [-0.05, 0) is 36.6 Å². The Morgan fingerprint density at radius 2 is 1.88 bits per heavy atom. The van der Waals surface area contributed by atoms with Crippen LogP contribution in [0.1, 0.15) is 26.3 Å². The van der Waals surface area contributed by atoms with Gasteiger partial charge in [-0.25, -0.2) is 0 Å². The summed E-state index contributed by atoms with van der Waals surface area (Å²) in [5.74, 6) is 0.630. The number of rotatable bonds is 4. The monoisotopic (exact) mass is 284 g/mol. The van der Waals surface area contributed by atoms with Crippen LogP contribution in [0.2, 0.25) is 0 Å². The van der Waals surface area contributed by atoms with Crippen LogP contribution in [0.4, 0.5) is 5.69 Å². The fraction of sp³-hybridized carbons (Fsp3) is 0.538. The largest absolute Gasteiger partial charge is 0.372 e. The number of halogens is 1. The molecule has 0 aliphatic carbocycles. The van der Waals surface area contributed by atoms with Gasteiger partial charge >= 0.3 is 0 Å². The summed E-state index contributed by atoms with van der Waals surface area (Å²) in [5.41, 5.74) is 8.06. The lowest BCUT2D eigenvalue weighted by Crippen LogP contribution is -2.33. The molecule has 0 bridgehead atoms. The van der Waals surface area contributed by atoms with Crippen molar-refractivity contribution >= 4 is 21.6 Å². The fourth-order valence-electron chi connectivity index (χ4n) is 1.64. The quantitative estimate of drug-likeness (QED) is 0.918. The summed E-state index contributed by atoms with van der Waals surface area (Å²) in [5, 5.41) is 0. The number of benzene rings is 1. The highest BCUT2D eigenvalue weighted by Gasteiger charge is 2.14. The number of hydrogen-bond donors (Lipinski definition) is 1. The highest BCUT2D eigenvalue weighted by Crippen LogP contribution is 2.25. The average Bonchev–Trinajstić information content (AvgIpc) is 2.25. The van der Waals surface area contributed by atoms with Crippen molar-refractivity contribution in [3.05, 3.63) is 28.2 Å². The van der Waals surface area contributed by atoms with E-state index in [1.807, 2.05) is 0 Å². The summed E-state index contributed by atoms with van der Waals surface area (Å²) in [4.78, 5) is 2.30. The van der Waals surface area contributed by atoms with Gasteiger partial charge in [0.05, 0.1) is 0 Å². The standard InChI is InChI=1S/C13H21BrN2/c1-9(2)10(3)16(4)13-6-11(8-15)5-12(14)7-13/h5-7,9-10H,8,15H2,1-4H3. The number of hydrogen-bond acceptors (Lipinski definition) is 2. The SMILES string of the molecule is CC(C)C(C)N(C)c1cc(Br)cc(CN)c1. The highest BCUT2D eigenvalue weighted by molar-refractivity contribution is 9.10. The molecule has 1 unspecified atom stereocenters. The van der Waals surface area contributed by atoms with Crippen molar-refractivity contribution in [2.24, 2.45) is 11.7 Å². The van der Waals surface area contributed by atoms with E-state index in [0.29, 0.717) is 18.5 Å².